The number of rotatable bonds is 3. The van der Waals surface area contributed by atoms with E-state index >= 15 is 0 Å². The summed E-state index contributed by atoms with van der Waals surface area (Å²) in [7, 11) is 1.35. The predicted octanol–water partition coefficient (Wildman–Crippen LogP) is 1.72. The van der Waals surface area contributed by atoms with E-state index in [0.717, 1.165) is 32.1 Å². The number of carbonyl (C=O) groups excluding carboxylic acids is 3. The van der Waals surface area contributed by atoms with E-state index in [9.17, 15) is 19.5 Å². The third-order valence-electron chi connectivity index (χ3n) is 4.31. The van der Waals surface area contributed by atoms with Crippen molar-refractivity contribution in [3.63, 3.8) is 0 Å². The summed E-state index contributed by atoms with van der Waals surface area (Å²) in [6.45, 7) is -0.300. The maximum atomic E-state index is 12.5. The number of nitrogens with zero attached hydrogens (tertiary/aromatic N) is 1. The second-order valence-electron chi connectivity index (χ2n) is 6.51. The van der Waals surface area contributed by atoms with Gasteiger partial charge in [-0.2, -0.15) is 0 Å². The van der Waals surface area contributed by atoms with Gasteiger partial charge in [0.25, 0.3) is 5.91 Å². The lowest BCUT2D eigenvalue weighted by Crippen LogP contribution is -2.43. The van der Waals surface area contributed by atoms with Gasteiger partial charge in [0.05, 0.1) is 13.2 Å². The molecule has 0 bridgehead atoms. The molecule has 0 spiro atoms. The van der Waals surface area contributed by atoms with Crippen LogP contribution in [0.1, 0.15) is 55.4 Å². The van der Waals surface area contributed by atoms with E-state index < -0.39 is 17.7 Å². The molecule has 0 saturated carbocycles. The lowest BCUT2D eigenvalue weighted by Gasteiger charge is -2.19. The summed E-state index contributed by atoms with van der Waals surface area (Å²) in [5.41, 5.74) is -0.239. The van der Waals surface area contributed by atoms with Crippen LogP contribution in [-0.2, 0) is 19.1 Å². The molecule has 9 nitrogen and oxygen atoms in total. The van der Waals surface area contributed by atoms with Crippen LogP contribution in [0.5, 0.6) is 11.5 Å². The van der Waals surface area contributed by atoms with Gasteiger partial charge in [-0.1, -0.05) is 19.3 Å². The Morgan fingerprint density at radius 3 is 2.25 bits per heavy atom. The normalized spacial score (nSPS) is 17.8. The number of pyridine rings is 1. The topological polar surface area (TPSA) is 124 Å². The maximum absolute atomic E-state index is 12.5. The molecule has 9 heteroatoms. The molecular weight excluding hydrogens is 368 g/mol. The molecule has 2 heterocycles. The van der Waals surface area contributed by atoms with Crippen LogP contribution in [0, 0.1) is 0 Å². The number of methoxy groups -OCH3 is 1. The minimum atomic E-state index is -0.768. The molecule has 2 rings (SSSR count). The van der Waals surface area contributed by atoms with Crippen molar-refractivity contribution < 1.29 is 33.7 Å². The SMILES string of the molecule is COc1ccnc(C(=O)NC2COC(=O)CCCCCCCC(=O)OC2)c1O. The number of esters is 2. The average molecular weight is 394 g/mol. The number of amides is 1. The summed E-state index contributed by atoms with van der Waals surface area (Å²) in [5, 5.41) is 12.6. The van der Waals surface area contributed by atoms with E-state index in [4.69, 9.17) is 14.2 Å². The van der Waals surface area contributed by atoms with E-state index in [-0.39, 0.29) is 36.6 Å². The van der Waals surface area contributed by atoms with Gasteiger partial charge in [0.1, 0.15) is 13.2 Å². The number of hydrogen-bond donors (Lipinski definition) is 2. The smallest absolute Gasteiger partial charge is 0.305 e. The van der Waals surface area contributed by atoms with Crippen molar-refractivity contribution in [2.75, 3.05) is 20.3 Å². The Balaban J connectivity index is 2.04. The van der Waals surface area contributed by atoms with Crippen LogP contribution in [0.25, 0.3) is 0 Å². The first-order chi connectivity index (χ1) is 13.5. The van der Waals surface area contributed by atoms with Gasteiger partial charge >= 0.3 is 11.9 Å². The molecule has 1 amide bonds. The standard InChI is InChI=1S/C19H26N2O7/c1-26-14-9-10-20-17(18(14)24)19(25)21-13-11-27-15(22)7-5-3-2-4-6-8-16(23)28-12-13/h9-10,13,24H,2-8,11-12H2,1H3,(H,21,25). The Bertz CT molecular complexity index is 669. The van der Waals surface area contributed by atoms with Crippen LogP contribution < -0.4 is 10.1 Å². The largest absolute Gasteiger partial charge is 0.503 e. The van der Waals surface area contributed by atoms with Gasteiger partial charge in [0, 0.05) is 25.1 Å². The van der Waals surface area contributed by atoms with Crippen molar-refractivity contribution in [2.45, 2.75) is 51.0 Å². The molecular formula is C19H26N2O7. The zero-order valence-electron chi connectivity index (χ0n) is 15.9. The molecule has 1 aromatic rings. The molecule has 1 aliphatic heterocycles. The third-order valence-corrected chi connectivity index (χ3v) is 4.31. The Hall–Kier alpha value is -2.84. The minimum Gasteiger partial charge on any atom is -0.503 e. The van der Waals surface area contributed by atoms with Gasteiger partial charge < -0.3 is 24.6 Å². The molecule has 0 unspecified atom stereocenters. The van der Waals surface area contributed by atoms with E-state index in [1.54, 1.807) is 0 Å². The molecule has 1 aliphatic rings. The summed E-state index contributed by atoms with van der Waals surface area (Å²) in [5.74, 6) is -1.74. The number of aromatic hydroxyl groups is 1. The lowest BCUT2D eigenvalue weighted by atomic mass is 10.1. The van der Waals surface area contributed by atoms with Gasteiger partial charge in [-0.3, -0.25) is 14.4 Å². The lowest BCUT2D eigenvalue weighted by molar-refractivity contribution is -0.147. The summed E-state index contributed by atoms with van der Waals surface area (Å²) >= 11 is 0. The van der Waals surface area contributed by atoms with E-state index in [0.29, 0.717) is 12.8 Å². The number of nitrogens with one attached hydrogen (secondary N) is 1. The molecule has 1 fully saturated rings. The highest BCUT2D eigenvalue weighted by atomic mass is 16.5. The second-order valence-corrected chi connectivity index (χ2v) is 6.51. The van der Waals surface area contributed by atoms with Crippen LogP contribution in [0.4, 0.5) is 0 Å². The van der Waals surface area contributed by atoms with E-state index in [1.807, 2.05) is 0 Å². The van der Waals surface area contributed by atoms with Gasteiger partial charge in [0.15, 0.2) is 17.2 Å². The minimum absolute atomic E-state index is 0.101. The van der Waals surface area contributed by atoms with Crippen molar-refractivity contribution >= 4 is 17.8 Å². The number of carbonyl (C=O) groups is 3. The number of cyclic esters (lactones) is 2. The fourth-order valence-corrected chi connectivity index (χ4v) is 2.75. The molecule has 2 N–H and O–H groups in total. The Morgan fingerprint density at radius 2 is 1.68 bits per heavy atom. The van der Waals surface area contributed by atoms with Gasteiger partial charge in [0.2, 0.25) is 0 Å². The zero-order valence-corrected chi connectivity index (χ0v) is 15.9. The summed E-state index contributed by atoms with van der Waals surface area (Å²) < 4.78 is 15.3. The van der Waals surface area contributed by atoms with Crippen LogP contribution in [0.3, 0.4) is 0 Å². The number of aromatic nitrogens is 1. The fraction of sp³-hybridized carbons (Fsp3) is 0.579. The van der Waals surface area contributed by atoms with E-state index in [1.165, 1.54) is 19.4 Å². The van der Waals surface area contributed by atoms with Crippen LogP contribution in [0.15, 0.2) is 12.3 Å². The van der Waals surface area contributed by atoms with Crippen molar-refractivity contribution in [3.05, 3.63) is 18.0 Å². The van der Waals surface area contributed by atoms with Crippen LogP contribution >= 0.6 is 0 Å². The first-order valence-electron chi connectivity index (χ1n) is 9.35. The predicted molar refractivity (Wildman–Crippen MR) is 97.9 cm³/mol. The Kier molecular flexibility index (Phi) is 8.51. The Labute approximate surface area is 163 Å². The molecule has 0 atom stereocenters. The van der Waals surface area contributed by atoms with Crippen LogP contribution in [-0.4, -0.2) is 54.3 Å². The third kappa shape index (κ3) is 6.71. The highest BCUT2D eigenvalue weighted by Gasteiger charge is 2.22. The molecule has 154 valence electrons. The van der Waals surface area contributed by atoms with E-state index in [2.05, 4.69) is 10.3 Å². The quantitative estimate of drug-likeness (QED) is 0.743. The number of hydrogen-bond acceptors (Lipinski definition) is 8. The molecule has 1 saturated heterocycles. The second kappa shape index (κ2) is 11.1. The molecule has 0 aromatic carbocycles. The van der Waals surface area contributed by atoms with Crippen molar-refractivity contribution in [2.24, 2.45) is 0 Å². The highest BCUT2D eigenvalue weighted by molar-refractivity contribution is 5.95. The van der Waals surface area contributed by atoms with Gasteiger partial charge in [-0.25, -0.2) is 4.98 Å². The molecule has 0 aliphatic carbocycles. The first-order valence-corrected chi connectivity index (χ1v) is 9.35. The number of ether oxygens (including phenoxy) is 3. The summed E-state index contributed by atoms with van der Waals surface area (Å²) in [6.07, 6.45) is 6.12. The van der Waals surface area contributed by atoms with Crippen molar-refractivity contribution in [3.8, 4) is 11.5 Å². The molecule has 0 radical (unpaired) electrons. The van der Waals surface area contributed by atoms with Gasteiger partial charge in [-0.15, -0.1) is 0 Å². The van der Waals surface area contributed by atoms with Crippen LogP contribution in [0.2, 0.25) is 0 Å². The van der Waals surface area contributed by atoms with Crippen molar-refractivity contribution in [1.82, 2.24) is 10.3 Å². The fourth-order valence-electron chi connectivity index (χ4n) is 2.75. The highest BCUT2D eigenvalue weighted by Crippen LogP contribution is 2.27. The first kappa shape index (κ1) is 21.5. The maximum Gasteiger partial charge on any atom is 0.305 e. The molecule has 28 heavy (non-hydrogen) atoms. The monoisotopic (exact) mass is 394 g/mol. The average Bonchev–Trinajstić information content (AvgIpc) is 2.68. The molecule has 1 aromatic heterocycles. The zero-order chi connectivity index (χ0) is 20.4. The van der Waals surface area contributed by atoms with Gasteiger partial charge in [-0.05, 0) is 12.8 Å². The van der Waals surface area contributed by atoms with Crippen molar-refractivity contribution in [1.29, 1.82) is 0 Å². The Morgan fingerprint density at radius 1 is 1.11 bits per heavy atom. The summed E-state index contributed by atoms with van der Waals surface area (Å²) in [6, 6.07) is 0.646. The summed E-state index contributed by atoms with van der Waals surface area (Å²) in [4.78, 5) is 40.0.